The smallest absolute Gasteiger partial charge is 0.316 e. The van der Waals surface area contributed by atoms with Crippen LogP contribution in [0, 0.1) is 0 Å². The van der Waals surface area contributed by atoms with E-state index in [1.54, 1.807) is 0 Å². The molecule has 0 saturated carbocycles. The molecule has 104 valence electrons. The monoisotopic (exact) mass is 286 g/mol. The first-order valence-corrected chi connectivity index (χ1v) is 6.41. The average Bonchev–Trinajstić information content (AvgIpc) is 2.55. The number of hydrogen-bond acceptors (Lipinski definition) is 3. The molecule has 3 unspecified atom stereocenters. The third kappa shape index (κ3) is 4.47. The van der Waals surface area contributed by atoms with Gasteiger partial charge in [0.25, 0.3) is 0 Å². The summed E-state index contributed by atoms with van der Waals surface area (Å²) in [6.45, 7) is 1.55. The van der Waals surface area contributed by atoms with Crippen molar-refractivity contribution < 1.29 is 22.4 Å². The summed E-state index contributed by atoms with van der Waals surface area (Å²) in [5.74, 6) is -0.582. The van der Waals surface area contributed by atoms with Crippen molar-refractivity contribution in [2.24, 2.45) is 4.99 Å². The van der Waals surface area contributed by atoms with E-state index >= 15 is 0 Å². The van der Waals surface area contributed by atoms with Crippen LogP contribution in [0.25, 0.3) is 0 Å². The Morgan fingerprint density at radius 3 is 2.67 bits per heavy atom. The van der Waals surface area contributed by atoms with E-state index in [0.717, 1.165) is 11.8 Å². The molecule has 18 heavy (non-hydrogen) atoms. The molecular formula is C10H14F4N2OS. The predicted molar refractivity (Wildman–Crippen MR) is 62.5 cm³/mol. The number of aliphatic imine (C=N–C) groups is 1. The van der Waals surface area contributed by atoms with Crippen molar-refractivity contribution in [2.45, 2.75) is 37.6 Å². The van der Waals surface area contributed by atoms with Crippen molar-refractivity contribution >= 4 is 23.9 Å². The summed E-state index contributed by atoms with van der Waals surface area (Å²) < 4.78 is 49.7. The Balaban J connectivity index is 2.67. The Bertz CT molecular complexity index is 332. The van der Waals surface area contributed by atoms with Gasteiger partial charge in [0.2, 0.25) is 5.91 Å². The van der Waals surface area contributed by atoms with Crippen LogP contribution in [0.4, 0.5) is 17.6 Å². The van der Waals surface area contributed by atoms with E-state index in [1.165, 1.54) is 20.1 Å². The molecule has 1 amide bonds. The van der Waals surface area contributed by atoms with Crippen molar-refractivity contribution in [3.05, 3.63) is 0 Å². The number of amides is 1. The lowest BCUT2D eigenvalue weighted by Gasteiger charge is -2.22. The van der Waals surface area contributed by atoms with Crippen molar-refractivity contribution in [1.29, 1.82) is 0 Å². The van der Waals surface area contributed by atoms with Crippen molar-refractivity contribution in [3.8, 4) is 0 Å². The molecule has 1 aliphatic rings. The predicted octanol–water partition coefficient (Wildman–Crippen LogP) is 2.27. The Morgan fingerprint density at radius 2 is 2.17 bits per heavy atom. The average molecular weight is 286 g/mol. The summed E-state index contributed by atoms with van der Waals surface area (Å²) in [4.78, 5) is 15.9. The topological polar surface area (TPSA) is 32.7 Å². The maximum absolute atomic E-state index is 12.8. The molecule has 1 rings (SSSR count). The van der Waals surface area contributed by atoms with Gasteiger partial charge in [-0.15, -0.1) is 11.8 Å². The summed E-state index contributed by atoms with van der Waals surface area (Å²) in [5, 5.41) is -0.764. The maximum Gasteiger partial charge on any atom is 0.406 e. The summed E-state index contributed by atoms with van der Waals surface area (Å²) >= 11 is 1.06. The minimum atomic E-state index is -4.44. The second-order valence-electron chi connectivity index (χ2n) is 4.05. The first-order valence-electron chi connectivity index (χ1n) is 5.36. The van der Waals surface area contributed by atoms with E-state index in [0.29, 0.717) is 4.90 Å². The molecule has 1 saturated heterocycles. The number of rotatable bonds is 4. The fraction of sp³-hybridized carbons (Fsp3) is 0.800. The highest BCUT2D eigenvalue weighted by atomic mass is 32.2. The van der Waals surface area contributed by atoms with E-state index in [-0.39, 0.29) is 5.75 Å². The lowest BCUT2D eigenvalue weighted by Crippen LogP contribution is -2.41. The second kappa shape index (κ2) is 5.90. The van der Waals surface area contributed by atoms with Gasteiger partial charge in [0.05, 0.1) is 11.8 Å². The molecule has 1 aliphatic heterocycles. The Hall–Kier alpha value is -0.790. The number of carbonyl (C=O) groups is 1. The molecule has 8 heteroatoms. The number of alkyl halides is 4. The molecule has 3 nitrogen and oxygen atoms in total. The number of thioether (sulfide) groups is 1. The maximum atomic E-state index is 12.8. The van der Waals surface area contributed by atoms with E-state index in [4.69, 9.17) is 0 Å². The van der Waals surface area contributed by atoms with Crippen LogP contribution < -0.4 is 0 Å². The third-order valence-corrected chi connectivity index (χ3v) is 3.60. The normalized spacial score (nSPS) is 24.9. The third-order valence-electron chi connectivity index (χ3n) is 2.47. The highest BCUT2D eigenvalue weighted by Crippen LogP contribution is 2.28. The first-order chi connectivity index (χ1) is 8.20. The largest absolute Gasteiger partial charge is 0.406 e. The van der Waals surface area contributed by atoms with Crippen LogP contribution in [0.1, 0.15) is 13.8 Å². The Morgan fingerprint density at radius 1 is 1.56 bits per heavy atom. The van der Waals surface area contributed by atoms with Crippen LogP contribution in [0.5, 0.6) is 0 Å². The summed E-state index contributed by atoms with van der Waals surface area (Å²) in [6, 6.07) is -0.631. The van der Waals surface area contributed by atoms with E-state index in [1.807, 2.05) is 0 Å². The molecule has 0 aromatic carbocycles. The molecule has 0 aromatic heterocycles. The lowest BCUT2D eigenvalue weighted by atomic mass is 10.2. The highest BCUT2D eigenvalue weighted by molar-refractivity contribution is 8.01. The zero-order valence-electron chi connectivity index (χ0n) is 9.95. The number of halogens is 4. The van der Waals surface area contributed by atoms with Crippen LogP contribution in [0.15, 0.2) is 4.99 Å². The minimum absolute atomic E-state index is 0.00761. The van der Waals surface area contributed by atoms with Crippen LogP contribution >= 0.6 is 11.8 Å². The highest BCUT2D eigenvalue weighted by Gasteiger charge is 2.39. The lowest BCUT2D eigenvalue weighted by molar-refractivity contribution is -0.157. The molecular weight excluding hydrogens is 272 g/mol. The molecule has 0 aromatic rings. The number of hydrogen-bond donors (Lipinski definition) is 0. The molecule has 0 aliphatic carbocycles. The van der Waals surface area contributed by atoms with Crippen LogP contribution in [-0.2, 0) is 4.79 Å². The van der Waals surface area contributed by atoms with E-state index in [9.17, 15) is 22.4 Å². The zero-order chi connectivity index (χ0) is 13.9. The van der Waals surface area contributed by atoms with Gasteiger partial charge in [0, 0.05) is 6.21 Å². The van der Waals surface area contributed by atoms with Crippen LogP contribution in [-0.4, -0.2) is 53.1 Å². The van der Waals surface area contributed by atoms with Crippen LogP contribution in [0.2, 0.25) is 0 Å². The first kappa shape index (κ1) is 15.3. The molecule has 0 radical (unpaired) electrons. The molecule has 1 heterocycles. The van der Waals surface area contributed by atoms with Crippen molar-refractivity contribution in [3.63, 3.8) is 0 Å². The summed E-state index contributed by atoms with van der Waals surface area (Å²) in [7, 11) is 0. The van der Waals surface area contributed by atoms with Gasteiger partial charge in [-0.25, -0.2) is 4.39 Å². The van der Waals surface area contributed by atoms with Gasteiger partial charge in [-0.3, -0.25) is 9.79 Å². The van der Waals surface area contributed by atoms with Gasteiger partial charge in [0.1, 0.15) is 18.1 Å². The van der Waals surface area contributed by atoms with Crippen molar-refractivity contribution in [2.75, 3.05) is 12.3 Å². The summed E-state index contributed by atoms with van der Waals surface area (Å²) in [5.41, 5.74) is 0. The standard InChI is InChI=1S/C10H14F4N2OS/c1-6(11)7(2)15-3-9-16(5-10(12,13)14)8(17)4-18-9/h3,6-7,9H,4-5H2,1-2H3. The quantitative estimate of drug-likeness (QED) is 0.586. The van der Waals surface area contributed by atoms with E-state index in [2.05, 4.69) is 4.99 Å². The molecule has 0 N–H and O–H groups in total. The number of nitrogens with zero attached hydrogens (tertiary/aromatic N) is 2. The zero-order valence-corrected chi connectivity index (χ0v) is 10.8. The van der Waals surface area contributed by atoms with E-state index < -0.39 is 36.2 Å². The van der Waals surface area contributed by atoms with Gasteiger partial charge in [-0.05, 0) is 13.8 Å². The second-order valence-corrected chi connectivity index (χ2v) is 5.16. The Labute approximate surface area is 107 Å². The van der Waals surface area contributed by atoms with Gasteiger partial charge in [-0.1, -0.05) is 0 Å². The van der Waals surface area contributed by atoms with Crippen LogP contribution in [0.3, 0.4) is 0 Å². The Kier molecular flexibility index (Phi) is 5.01. The van der Waals surface area contributed by atoms with Gasteiger partial charge < -0.3 is 4.90 Å². The number of carbonyl (C=O) groups excluding carboxylic acids is 1. The minimum Gasteiger partial charge on any atom is -0.316 e. The van der Waals surface area contributed by atoms with Gasteiger partial charge >= 0.3 is 6.18 Å². The molecule has 1 fully saturated rings. The van der Waals surface area contributed by atoms with Gasteiger partial charge in [-0.2, -0.15) is 13.2 Å². The molecule has 0 bridgehead atoms. The fourth-order valence-electron chi connectivity index (χ4n) is 1.29. The molecule has 0 spiro atoms. The SMILES string of the molecule is CC(F)C(C)N=CC1SCC(=O)N1CC(F)(F)F. The fourth-order valence-corrected chi connectivity index (χ4v) is 2.30. The van der Waals surface area contributed by atoms with Crippen molar-refractivity contribution in [1.82, 2.24) is 4.90 Å². The summed E-state index contributed by atoms with van der Waals surface area (Å²) in [6.07, 6.45) is -4.40. The molecule has 3 atom stereocenters. The van der Waals surface area contributed by atoms with Gasteiger partial charge in [0.15, 0.2) is 0 Å².